The van der Waals surface area contributed by atoms with Crippen molar-refractivity contribution in [2.45, 2.75) is 22.3 Å². The molecule has 14 nitrogen and oxygen atoms in total. The number of aromatic nitrogens is 4. The van der Waals surface area contributed by atoms with Crippen molar-refractivity contribution in [3.63, 3.8) is 0 Å². The molecule has 1 aromatic heterocycles. The molecule has 180 valence electrons. The molecule has 3 rings (SSSR count). The molecule has 0 aromatic carbocycles. The molecule has 2 amide bonds. The number of nitrogens with two attached hydrogens (primary N) is 1. The molecule has 34 heavy (non-hydrogen) atoms. The summed E-state index contributed by atoms with van der Waals surface area (Å²) in [5, 5.41) is 33.9. The number of fused-ring (bicyclic) bond motifs is 1. The number of hydrogen-bond acceptors (Lipinski definition) is 13. The second kappa shape index (κ2) is 12.1. The Labute approximate surface area is 228 Å². The first-order valence-electron chi connectivity index (χ1n) is 9.28. The molecule has 0 bridgehead atoms. The molecule has 1 saturated heterocycles. The van der Waals surface area contributed by atoms with Crippen LogP contribution in [0.3, 0.4) is 0 Å². The van der Waals surface area contributed by atoms with Gasteiger partial charge in [-0.2, -0.15) is 0 Å². The number of hydrogen-bond donors (Lipinski definition) is 3. The molecule has 0 radical (unpaired) electrons. The zero-order chi connectivity index (χ0) is 24.3. The monoisotopic (exact) mass is 541 g/mol. The van der Waals surface area contributed by atoms with Gasteiger partial charge < -0.3 is 30.8 Å². The number of aryl methyl sites for hydroxylation is 1. The fourth-order valence-corrected chi connectivity index (χ4v) is 6.33. The van der Waals surface area contributed by atoms with E-state index in [0.717, 1.165) is 16.7 Å². The van der Waals surface area contributed by atoms with Crippen molar-refractivity contribution < 1.29 is 63.7 Å². The summed E-state index contributed by atoms with van der Waals surface area (Å²) >= 11 is 3.43. The molecule has 4 N–H and O–H groups in total. The minimum absolute atomic E-state index is 0. The summed E-state index contributed by atoms with van der Waals surface area (Å²) < 4.78 is 6.78. The third-order valence-electron chi connectivity index (χ3n) is 4.75. The Morgan fingerprint density at radius 1 is 1.47 bits per heavy atom. The Balaban J connectivity index is 0.00000408. The predicted molar refractivity (Wildman–Crippen MR) is 115 cm³/mol. The van der Waals surface area contributed by atoms with E-state index in [1.807, 2.05) is 0 Å². The Kier molecular flexibility index (Phi) is 10.3. The number of amides is 2. The van der Waals surface area contributed by atoms with Crippen LogP contribution in [0.5, 0.6) is 0 Å². The van der Waals surface area contributed by atoms with Crippen LogP contribution in [0.25, 0.3) is 0 Å². The maximum absolute atomic E-state index is 13.0. The van der Waals surface area contributed by atoms with Crippen molar-refractivity contribution in [3.05, 3.63) is 11.3 Å². The summed E-state index contributed by atoms with van der Waals surface area (Å²) in [6.45, 7) is 0. The van der Waals surface area contributed by atoms with Crippen LogP contribution in [0.1, 0.15) is 0 Å². The van der Waals surface area contributed by atoms with Gasteiger partial charge in [0.15, 0.2) is 0 Å². The van der Waals surface area contributed by atoms with Crippen molar-refractivity contribution in [1.29, 1.82) is 0 Å². The zero-order valence-corrected chi connectivity index (χ0v) is 22.9. The summed E-state index contributed by atoms with van der Waals surface area (Å²) in [5.74, 6) is -3.73. The van der Waals surface area contributed by atoms with E-state index < -0.39 is 40.9 Å². The van der Waals surface area contributed by atoms with Crippen LogP contribution in [-0.4, -0.2) is 101 Å². The summed E-state index contributed by atoms with van der Waals surface area (Å²) in [7, 11) is 2.88. The van der Waals surface area contributed by atoms with E-state index in [0.29, 0.717) is 10.7 Å². The van der Waals surface area contributed by atoms with Gasteiger partial charge in [0.25, 0.3) is 11.6 Å². The number of carboxylic acids is 2. The van der Waals surface area contributed by atoms with E-state index in [2.05, 4.69) is 20.8 Å². The predicted octanol–water partition coefficient (Wildman–Crippen LogP) is -6.17. The molecule has 3 heterocycles. The largest absolute Gasteiger partial charge is 1.00 e. The number of tetrazole rings is 1. The molecule has 1 aromatic rings. The fraction of sp³-hybridized carbons (Fsp3) is 0.562. The summed E-state index contributed by atoms with van der Waals surface area (Å²) in [5.41, 5.74) is 3.84. The Morgan fingerprint density at radius 3 is 2.74 bits per heavy atom. The van der Waals surface area contributed by atoms with Crippen LogP contribution in [0.2, 0.25) is 0 Å². The first kappa shape index (κ1) is 28.9. The molecule has 2 aliphatic rings. The molecule has 0 aliphatic carbocycles. The number of thioether (sulfide) groups is 3. The molecule has 0 unspecified atom stereocenters. The van der Waals surface area contributed by atoms with Crippen molar-refractivity contribution in [1.82, 2.24) is 30.4 Å². The van der Waals surface area contributed by atoms with E-state index >= 15 is 0 Å². The van der Waals surface area contributed by atoms with E-state index in [1.165, 1.54) is 35.3 Å². The number of β-lactam (4-membered cyclic amide) rings is 1. The number of nitrogens with zero attached hydrogens (tertiary/aromatic N) is 5. The minimum atomic E-state index is -1.75. The Bertz CT molecular complexity index is 1010. The molecule has 3 atom stereocenters. The number of carboxylic acid groups (broad SMARTS) is 2. The second-order valence-corrected chi connectivity index (χ2v) is 9.94. The van der Waals surface area contributed by atoms with Gasteiger partial charge in [0.1, 0.15) is 11.4 Å². The van der Waals surface area contributed by atoms with Crippen molar-refractivity contribution in [3.8, 4) is 0 Å². The number of aliphatic carboxylic acids is 2. The maximum Gasteiger partial charge on any atom is 1.00 e. The van der Waals surface area contributed by atoms with Gasteiger partial charge in [0.2, 0.25) is 11.1 Å². The average molecular weight is 542 g/mol. The van der Waals surface area contributed by atoms with Crippen LogP contribution in [0, 0.1) is 0 Å². The van der Waals surface area contributed by atoms with Gasteiger partial charge in [-0.25, -0.2) is 4.68 Å². The second-order valence-electron chi connectivity index (χ2n) is 6.90. The standard InChI is InChI=1S/C16H21N7O7S3.Na/c1-22-15(19-20-21-22)33-4-7-3-32-14-16(30-2,13(29)23(14)10(7)12(27)28)18-9(24)6-31-5-8(17)11(25)26;/h8,14H,3-6,17H2,1-2H3,(H,18,24)(H,25,26)(H,27,28);/q;+1/p-1/t8-,14-,16-;/m1./s1. The van der Waals surface area contributed by atoms with Crippen molar-refractivity contribution >= 4 is 59.0 Å². The first-order chi connectivity index (χ1) is 15.6. The number of nitrogens with one attached hydrogen (secondary N) is 1. The van der Waals surface area contributed by atoms with Gasteiger partial charge in [-0.05, 0) is 16.0 Å². The van der Waals surface area contributed by atoms with Crippen LogP contribution < -0.4 is 45.7 Å². The smallest absolute Gasteiger partial charge is 0.543 e. The minimum Gasteiger partial charge on any atom is -0.543 e. The molecular weight excluding hydrogens is 521 g/mol. The van der Waals surface area contributed by atoms with Gasteiger partial charge >= 0.3 is 35.5 Å². The summed E-state index contributed by atoms with van der Waals surface area (Å²) in [6, 6.07) is -1.13. The number of rotatable bonds is 11. The molecule has 0 spiro atoms. The van der Waals surface area contributed by atoms with Gasteiger partial charge in [-0.3, -0.25) is 19.3 Å². The van der Waals surface area contributed by atoms with Gasteiger partial charge in [-0.1, -0.05) is 11.8 Å². The third-order valence-corrected chi connectivity index (χ3v) is 8.29. The fourth-order valence-electron chi connectivity index (χ4n) is 3.13. The van der Waals surface area contributed by atoms with Crippen LogP contribution in [-0.2, 0) is 31.0 Å². The van der Waals surface area contributed by atoms with E-state index in [1.54, 1.807) is 7.05 Å². The molecule has 18 heteroatoms. The Hall–Kier alpha value is -1.34. The molecule has 2 aliphatic heterocycles. The third kappa shape index (κ3) is 5.72. The first-order valence-corrected chi connectivity index (χ1v) is 12.5. The van der Waals surface area contributed by atoms with Gasteiger partial charge in [0, 0.05) is 31.4 Å². The molecular formula is C16H20N7NaO7S3. The van der Waals surface area contributed by atoms with Crippen LogP contribution in [0.15, 0.2) is 16.4 Å². The Morgan fingerprint density at radius 2 is 2.18 bits per heavy atom. The zero-order valence-electron chi connectivity index (χ0n) is 18.4. The maximum atomic E-state index is 13.0. The van der Waals surface area contributed by atoms with Gasteiger partial charge in [-0.15, -0.1) is 28.6 Å². The quantitative estimate of drug-likeness (QED) is 0.103. The summed E-state index contributed by atoms with van der Waals surface area (Å²) in [6.07, 6.45) is 0. The SMILES string of the molecule is CO[C@]1(NC(=O)CSC[C@@H](N)C(=O)O)C(=O)N2C(C(=O)[O-])=C(CSc3nnnn3C)CS[C@@H]21.[Na+]. The van der Waals surface area contributed by atoms with Crippen molar-refractivity contribution in [2.24, 2.45) is 12.8 Å². The van der Waals surface area contributed by atoms with Crippen LogP contribution >= 0.6 is 35.3 Å². The van der Waals surface area contributed by atoms with Gasteiger partial charge in [0.05, 0.1) is 17.4 Å². The topological polar surface area (TPSA) is 206 Å². The average Bonchev–Trinajstić information content (AvgIpc) is 3.19. The molecule has 0 saturated carbocycles. The van der Waals surface area contributed by atoms with Crippen molar-refractivity contribution in [2.75, 3.05) is 30.1 Å². The number of carbonyl (C=O) groups is 4. The van der Waals surface area contributed by atoms with Crippen LogP contribution in [0.4, 0.5) is 0 Å². The van der Waals surface area contributed by atoms with E-state index in [4.69, 9.17) is 15.6 Å². The molecule has 1 fully saturated rings. The number of methoxy groups -OCH3 is 1. The number of carbonyl (C=O) groups excluding carboxylic acids is 3. The normalized spacial score (nSPS) is 22.4. The number of ether oxygens (including phenoxy) is 1. The van der Waals surface area contributed by atoms with E-state index in [-0.39, 0.29) is 58.3 Å². The summed E-state index contributed by atoms with van der Waals surface area (Å²) in [4.78, 5) is 49.1. The van der Waals surface area contributed by atoms with E-state index in [9.17, 15) is 24.3 Å².